The Hall–Kier alpha value is -0.870. The number of hydrogen-bond acceptors (Lipinski definition) is 2. The van der Waals surface area contributed by atoms with Crippen LogP contribution in [0.5, 0.6) is 0 Å². The summed E-state index contributed by atoms with van der Waals surface area (Å²) >= 11 is 3.33. The molecular weight excluding hydrogens is 294 g/mol. The molecule has 0 aromatic heterocycles. The van der Waals surface area contributed by atoms with Crippen LogP contribution in [0.1, 0.15) is 31.1 Å². The number of halogens is 1. The number of benzene rings is 1. The van der Waals surface area contributed by atoms with Gasteiger partial charge in [-0.05, 0) is 29.7 Å². The van der Waals surface area contributed by atoms with Crippen LogP contribution >= 0.6 is 15.9 Å². The molecule has 0 heterocycles. The molecule has 0 saturated heterocycles. The molecule has 1 aromatic carbocycles. The first-order valence-corrected chi connectivity index (χ1v) is 6.78. The molecule has 0 aliphatic rings. The highest BCUT2D eigenvalue weighted by atomic mass is 79.9. The van der Waals surface area contributed by atoms with Crippen LogP contribution in [0.3, 0.4) is 0 Å². The van der Waals surface area contributed by atoms with E-state index in [9.17, 15) is 9.90 Å². The predicted molar refractivity (Wildman–Crippen MR) is 76.5 cm³/mol. The second-order valence-corrected chi connectivity index (χ2v) is 6.38. The number of carbonyl (C=O) groups excluding carboxylic acids is 1. The van der Waals surface area contributed by atoms with E-state index >= 15 is 0 Å². The zero-order valence-electron chi connectivity index (χ0n) is 11.0. The van der Waals surface area contributed by atoms with Gasteiger partial charge < -0.3 is 10.4 Å². The van der Waals surface area contributed by atoms with Crippen molar-refractivity contribution in [1.29, 1.82) is 0 Å². The molecule has 0 spiro atoms. The van der Waals surface area contributed by atoms with Gasteiger partial charge in [0.1, 0.15) is 0 Å². The second-order valence-electron chi connectivity index (χ2n) is 5.46. The van der Waals surface area contributed by atoms with Gasteiger partial charge in [-0.25, -0.2) is 0 Å². The first-order valence-electron chi connectivity index (χ1n) is 5.99. The van der Waals surface area contributed by atoms with E-state index < -0.39 is 0 Å². The second kappa shape index (κ2) is 6.34. The molecule has 1 atom stereocenters. The van der Waals surface area contributed by atoms with Crippen molar-refractivity contribution in [3.63, 3.8) is 0 Å². The summed E-state index contributed by atoms with van der Waals surface area (Å²) in [5, 5.41) is 12.2. The Bertz CT molecular complexity index is 395. The van der Waals surface area contributed by atoms with E-state index in [2.05, 4.69) is 42.0 Å². The smallest absolute Gasteiger partial charge is 0.251 e. The van der Waals surface area contributed by atoms with Crippen LogP contribution in [-0.4, -0.2) is 24.2 Å². The SMILES string of the molecule is CC(C)(C)C(CO)CNC(=O)c1ccc(Br)cc1. The quantitative estimate of drug-likeness (QED) is 0.898. The van der Waals surface area contributed by atoms with Crippen molar-refractivity contribution >= 4 is 21.8 Å². The molecule has 0 fully saturated rings. The molecule has 0 radical (unpaired) electrons. The van der Waals surface area contributed by atoms with E-state index in [1.807, 2.05) is 12.1 Å². The van der Waals surface area contributed by atoms with Gasteiger partial charge in [-0.3, -0.25) is 4.79 Å². The predicted octanol–water partition coefficient (Wildman–Crippen LogP) is 2.83. The van der Waals surface area contributed by atoms with Crippen molar-refractivity contribution in [2.24, 2.45) is 11.3 Å². The summed E-state index contributed by atoms with van der Waals surface area (Å²) in [6, 6.07) is 7.21. The lowest BCUT2D eigenvalue weighted by Gasteiger charge is -2.29. The molecule has 1 unspecified atom stereocenters. The Kier molecular flexibility index (Phi) is 5.35. The Morgan fingerprint density at radius 3 is 2.33 bits per heavy atom. The standard InChI is InChI=1S/C14H20BrNO2/c1-14(2,3)11(9-17)8-16-13(18)10-4-6-12(15)7-5-10/h4-7,11,17H,8-9H2,1-3H3,(H,16,18). The molecule has 0 saturated carbocycles. The number of nitrogens with one attached hydrogen (secondary N) is 1. The van der Waals surface area contributed by atoms with E-state index in [0.29, 0.717) is 12.1 Å². The van der Waals surface area contributed by atoms with Crippen LogP contribution in [0, 0.1) is 11.3 Å². The topological polar surface area (TPSA) is 49.3 Å². The lowest BCUT2D eigenvalue weighted by Crippen LogP contribution is -2.37. The summed E-state index contributed by atoms with van der Waals surface area (Å²) in [5.74, 6) is -0.0536. The van der Waals surface area contributed by atoms with Crippen LogP contribution in [0.25, 0.3) is 0 Å². The molecule has 100 valence electrons. The number of hydrogen-bond donors (Lipinski definition) is 2. The molecule has 4 heteroatoms. The van der Waals surface area contributed by atoms with Gasteiger partial charge in [0.2, 0.25) is 0 Å². The zero-order chi connectivity index (χ0) is 13.8. The fraction of sp³-hybridized carbons (Fsp3) is 0.500. The lowest BCUT2D eigenvalue weighted by atomic mass is 9.81. The fourth-order valence-corrected chi connectivity index (χ4v) is 1.83. The molecule has 2 N–H and O–H groups in total. The Labute approximate surface area is 117 Å². The van der Waals surface area contributed by atoms with Crippen LogP contribution < -0.4 is 5.32 Å². The number of carbonyl (C=O) groups is 1. The third-order valence-corrected chi connectivity index (χ3v) is 3.59. The maximum Gasteiger partial charge on any atom is 0.251 e. The van der Waals surface area contributed by atoms with E-state index in [1.165, 1.54) is 0 Å². The Morgan fingerprint density at radius 1 is 1.33 bits per heavy atom. The van der Waals surface area contributed by atoms with Gasteiger partial charge in [0.15, 0.2) is 0 Å². The minimum atomic E-state index is -0.106. The van der Waals surface area contributed by atoms with E-state index in [1.54, 1.807) is 12.1 Å². The summed E-state index contributed by atoms with van der Waals surface area (Å²) < 4.78 is 0.946. The normalized spacial score (nSPS) is 13.2. The van der Waals surface area contributed by atoms with E-state index in [4.69, 9.17) is 0 Å². The number of aliphatic hydroxyl groups is 1. The maximum absolute atomic E-state index is 11.9. The number of aliphatic hydroxyl groups excluding tert-OH is 1. The van der Waals surface area contributed by atoms with Crippen molar-refractivity contribution in [1.82, 2.24) is 5.32 Å². The number of amides is 1. The van der Waals surface area contributed by atoms with Crippen LogP contribution in [0.2, 0.25) is 0 Å². The summed E-state index contributed by atoms with van der Waals surface area (Å²) in [4.78, 5) is 11.9. The minimum absolute atomic E-state index is 0.0260. The van der Waals surface area contributed by atoms with Crippen molar-refractivity contribution in [3.05, 3.63) is 34.3 Å². The first-order chi connectivity index (χ1) is 8.34. The van der Waals surface area contributed by atoms with Gasteiger partial charge in [-0.15, -0.1) is 0 Å². The molecule has 18 heavy (non-hydrogen) atoms. The van der Waals surface area contributed by atoms with Gasteiger partial charge in [0, 0.05) is 29.1 Å². The summed E-state index contributed by atoms with van der Waals surface area (Å²) in [7, 11) is 0. The van der Waals surface area contributed by atoms with Gasteiger partial charge in [0.25, 0.3) is 5.91 Å². The van der Waals surface area contributed by atoms with Gasteiger partial charge >= 0.3 is 0 Å². The van der Waals surface area contributed by atoms with Crippen molar-refractivity contribution in [2.75, 3.05) is 13.2 Å². The highest BCUT2D eigenvalue weighted by molar-refractivity contribution is 9.10. The molecular formula is C14H20BrNO2. The Balaban J connectivity index is 2.58. The minimum Gasteiger partial charge on any atom is -0.396 e. The largest absolute Gasteiger partial charge is 0.396 e. The summed E-state index contributed by atoms with van der Waals surface area (Å²) in [6.07, 6.45) is 0. The molecule has 0 aliphatic heterocycles. The van der Waals surface area contributed by atoms with E-state index in [0.717, 1.165) is 4.47 Å². The maximum atomic E-state index is 11.9. The average molecular weight is 314 g/mol. The third-order valence-electron chi connectivity index (χ3n) is 3.06. The molecule has 1 rings (SSSR count). The molecule has 1 aromatic rings. The van der Waals surface area contributed by atoms with Gasteiger partial charge in [-0.1, -0.05) is 36.7 Å². The summed E-state index contributed by atoms with van der Waals surface area (Å²) in [5.41, 5.74) is 0.602. The first kappa shape index (κ1) is 15.2. The van der Waals surface area contributed by atoms with Gasteiger partial charge in [-0.2, -0.15) is 0 Å². The van der Waals surface area contributed by atoms with Crippen LogP contribution in [0.15, 0.2) is 28.7 Å². The molecule has 0 bridgehead atoms. The van der Waals surface area contributed by atoms with Crippen molar-refractivity contribution in [2.45, 2.75) is 20.8 Å². The van der Waals surface area contributed by atoms with Crippen LogP contribution in [0.4, 0.5) is 0 Å². The lowest BCUT2D eigenvalue weighted by molar-refractivity contribution is 0.0896. The zero-order valence-corrected chi connectivity index (χ0v) is 12.6. The van der Waals surface area contributed by atoms with Crippen molar-refractivity contribution < 1.29 is 9.90 Å². The highest BCUT2D eigenvalue weighted by Crippen LogP contribution is 2.24. The third kappa shape index (κ3) is 4.42. The number of rotatable bonds is 4. The van der Waals surface area contributed by atoms with Crippen LogP contribution in [-0.2, 0) is 0 Å². The van der Waals surface area contributed by atoms with Crippen molar-refractivity contribution in [3.8, 4) is 0 Å². The Morgan fingerprint density at radius 2 is 1.89 bits per heavy atom. The highest BCUT2D eigenvalue weighted by Gasteiger charge is 2.24. The fourth-order valence-electron chi connectivity index (χ4n) is 1.56. The summed E-state index contributed by atoms with van der Waals surface area (Å²) in [6.45, 7) is 6.72. The average Bonchev–Trinajstić information content (AvgIpc) is 2.28. The monoisotopic (exact) mass is 313 g/mol. The van der Waals surface area contributed by atoms with E-state index in [-0.39, 0.29) is 23.8 Å². The van der Waals surface area contributed by atoms with Gasteiger partial charge in [0.05, 0.1) is 0 Å². The molecule has 1 amide bonds. The molecule has 3 nitrogen and oxygen atoms in total. The molecule has 0 aliphatic carbocycles.